The standard InChI is InChI=1S/C21H18N4O3/c1-27-16-7-5-15(6-8-16)24-19-13-22-11-14-4-9-18(25-20(14)19)21(26)23-12-17-3-2-10-28-17/h2-11,13,24H,12H2,1H3,(H,23,26). The Kier molecular flexibility index (Phi) is 4.88. The van der Waals surface area contributed by atoms with Gasteiger partial charge in [-0.15, -0.1) is 0 Å². The summed E-state index contributed by atoms with van der Waals surface area (Å²) in [6.07, 6.45) is 4.97. The third-order valence-corrected chi connectivity index (χ3v) is 4.20. The first-order chi connectivity index (χ1) is 13.7. The minimum Gasteiger partial charge on any atom is -0.497 e. The van der Waals surface area contributed by atoms with Gasteiger partial charge in [0.05, 0.1) is 37.3 Å². The normalized spacial score (nSPS) is 10.6. The van der Waals surface area contributed by atoms with Gasteiger partial charge < -0.3 is 19.8 Å². The quantitative estimate of drug-likeness (QED) is 0.532. The second-order valence-corrected chi connectivity index (χ2v) is 6.07. The minimum atomic E-state index is -0.273. The lowest BCUT2D eigenvalue weighted by atomic mass is 10.2. The maximum atomic E-state index is 12.5. The van der Waals surface area contributed by atoms with Gasteiger partial charge in [0.2, 0.25) is 0 Å². The second kappa shape index (κ2) is 7.79. The highest BCUT2D eigenvalue weighted by molar-refractivity contribution is 5.97. The number of nitrogens with zero attached hydrogens (tertiary/aromatic N) is 2. The number of nitrogens with one attached hydrogen (secondary N) is 2. The number of carbonyl (C=O) groups excluding carboxylic acids is 1. The second-order valence-electron chi connectivity index (χ2n) is 6.07. The van der Waals surface area contributed by atoms with E-state index in [1.54, 1.807) is 44.0 Å². The van der Waals surface area contributed by atoms with Gasteiger partial charge in [-0.3, -0.25) is 9.78 Å². The molecule has 7 nitrogen and oxygen atoms in total. The highest BCUT2D eigenvalue weighted by atomic mass is 16.5. The highest BCUT2D eigenvalue weighted by Gasteiger charge is 2.11. The van der Waals surface area contributed by atoms with Crippen LogP contribution in [0.5, 0.6) is 5.75 Å². The number of aromatic nitrogens is 2. The van der Waals surface area contributed by atoms with Crippen LogP contribution in [0.2, 0.25) is 0 Å². The molecule has 3 aromatic heterocycles. The van der Waals surface area contributed by atoms with E-state index in [0.717, 1.165) is 16.8 Å². The Hall–Kier alpha value is -3.87. The van der Waals surface area contributed by atoms with E-state index < -0.39 is 0 Å². The molecular formula is C21H18N4O3. The Morgan fingerprint density at radius 1 is 1.11 bits per heavy atom. The van der Waals surface area contributed by atoms with Crippen molar-refractivity contribution in [3.05, 3.63) is 78.6 Å². The first-order valence-electron chi connectivity index (χ1n) is 8.69. The van der Waals surface area contributed by atoms with Crippen LogP contribution >= 0.6 is 0 Å². The SMILES string of the molecule is COc1ccc(Nc2cncc3ccc(C(=O)NCc4ccco4)nc23)cc1. The third-order valence-electron chi connectivity index (χ3n) is 4.20. The number of benzene rings is 1. The number of furan rings is 1. The summed E-state index contributed by atoms with van der Waals surface area (Å²) in [5.41, 5.74) is 2.56. The van der Waals surface area contributed by atoms with E-state index in [1.807, 2.05) is 30.3 Å². The van der Waals surface area contributed by atoms with Crippen LogP contribution in [0.4, 0.5) is 11.4 Å². The molecular weight excluding hydrogens is 356 g/mol. The molecule has 0 saturated carbocycles. The largest absolute Gasteiger partial charge is 0.497 e. The fraction of sp³-hybridized carbons (Fsp3) is 0.0952. The molecule has 0 fully saturated rings. The van der Waals surface area contributed by atoms with Gasteiger partial charge >= 0.3 is 0 Å². The summed E-state index contributed by atoms with van der Waals surface area (Å²) in [5, 5.41) is 6.93. The monoisotopic (exact) mass is 374 g/mol. The molecule has 0 aliphatic rings. The number of rotatable bonds is 6. The first kappa shape index (κ1) is 17.5. The molecule has 7 heteroatoms. The molecule has 3 heterocycles. The lowest BCUT2D eigenvalue weighted by Gasteiger charge is -2.10. The summed E-state index contributed by atoms with van der Waals surface area (Å²) in [6.45, 7) is 0.304. The first-order valence-corrected chi connectivity index (χ1v) is 8.69. The molecule has 0 atom stereocenters. The molecule has 0 spiro atoms. The summed E-state index contributed by atoms with van der Waals surface area (Å²) in [5.74, 6) is 1.18. The maximum Gasteiger partial charge on any atom is 0.270 e. The predicted octanol–water partition coefficient (Wildman–Crippen LogP) is 3.91. The molecule has 0 unspecified atom stereocenters. The maximum absolute atomic E-state index is 12.5. The number of anilines is 2. The van der Waals surface area contributed by atoms with Crippen LogP contribution in [0, 0.1) is 0 Å². The number of pyridine rings is 2. The molecule has 2 N–H and O–H groups in total. The average Bonchev–Trinajstić information content (AvgIpc) is 3.26. The van der Waals surface area contributed by atoms with Crippen molar-refractivity contribution in [3.8, 4) is 5.75 Å². The average molecular weight is 374 g/mol. The Morgan fingerprint density at radius 2 is 1.96 bits per heavy atom. The van der Waals surface area contributed by atoms with Crippen molar-refractivity contribution >= 4 is 28.2 Å². The van der Waals surface area contributed by atoms with E-state index in [9.17, 15) is 4.79 Å². The van der Waals surface area contributed by atoms with Crippen molar-refractivity contribution in [1.82, 2.24) is 15.3 Å². The van der Waals surface area contributed by atoms with E-state index in [4.69, 9.17) is 9.15 Å². The zero-order valence-electron chi connectivity index (χ0n) is 15.2. The van der Waals surface area contributed by atoms with Crippen LogP contribution in [-0.4, -0.2) is 23.0 Å². The molecule has 4 rings (SSSR count). The Balaban J connectivity index is 1.58. The summed E-state index contributed by atoms with van der Waals surface area (Å²) >= 11 is 0. The van der Waals surface area contributed by atoms with Gasteiger partial charge in [0, 0.05) is 17.3 Å². The predicted molar refractivity (Wildman–Crippen MR) is 106 cm³/mol. The van der Waals surface area contributed by atoms with Gasteiger partial charge in [0.25, 0.3) is 5.91 Å². The Bertz CT molecular complexity index is 1090. The van der Waals surface area contributed by atoms with Crippen LogP contribution in [0.3, 0.4) is 0 Å². The smallest absolute Gasteiger partial charge is 0.270 e. The molecule has 0 radical (unpaired) electrons. The van der Waals surface area contributed by atoms with Gasteiger partial charge in [-0.25, -0.2) is 4.98 Å². The summed E-state index contributed by atoms with van der Waals surface area (Å²) in [7, 11) is 1.62. The van der Waals surface area contributed by atoms with Crippen LogP contribution in [0.25, 0.3) is 10.9 Å². The van der Waals surface area contributed by atoms with E-state index in [2.05, 4.69) is 20.6 Å². The van der Waals surface area contributed by atoms with Crippen molar-refractivity contribution in [2.75, 3.05) is 12.4 Å². The van der Waals surface area contributed by atoms with Gasteiger partial charge in [0.1, 0.15) is 17.2 Å². The number of ether oxygens (including phenoxy) is 1. The number of carbonyl (C=O) groups is 1. The molecule has 1 amide bonds. The number of hydrogen-bond donors (Lipinski definition) is 2. The lowest BCUT2D eigenvalue weighted by molar-refractivity contribution is 0.0943. The summed E-state index contributed by atoms with van der Waals surface area (Å²) in [4.78, 5) is 21.2. The zero-order valence-corrected chi connectivity index (χ0v) is 15.2. The third kappa shape index (κ3) is 3.78. The van der Waals surface area contributed by atoms with Crippen molar-refractivity contribution in [1.29, 1.82) is 0 Å². The number of hydrogen-bond acceptors (Lipinski definition) is 6. The topological polar surface area (TPSA) is 89.3 Å². The van der Waals surface area contributed by atoms with E-state index in [1.165, 1.54) is 0 Å². The highest BCUT2D eigenvalue weighted by Crippen LogP contribution is 2.25. The van der Waals surface area contributed by atoms with Crippen LogP contribution < -0.4 is 15.4 Å². The Labute approximate surface area is 161 Å². The summed E-state index contributed by atoms with van der Waals surface area (Å²) < 4.78 is 10.4. The van der Waals surface area contributed by atoms with E-state index in [0.29, 0.717) is 29.2 Å². The molecule has 28 heavy (non-hydrogen) atoms. The van der Waals surface area contributed by atoms with E-state index >= 15 is 0 Å². The van der Waals surface area contributed by atoms with Crippen molar-refractivity contribution in [2.24, 2.45) is 0 Å². The number of fused-ring (bicyclic) bond motifs is 1. The minimum absolute atomic E-state index is 0.273. The van der Waals surface area contributed by atoms with Crippen LogP contribution in [0.15, 0.2) is 71.6 Å². The van der Waals surface area contributed by atoms with Crippen LogP contribution in [0.1, 0.15) is 16.2 Å². The van der Waals surface area contributed by atoms with Crippen LogP contribution in [-0.2, 0) is 6.54 Å². The van der Waals surface area contributed by atoms with Gasteiger partial charge in [0.15, 0.2) is 0 Å². The fourth-order valence-electron chi connectivity index (χ4n) is 2.76. The van der Waals surface area contributed by atoms with Gasteiger partial charge in [-0.2, -0.15) is 0 Å². The Morgan fingerprint density at radius 3 is 2.71 bits per heavy atom. The fourth-order valence-corrected chi connectivity index (χ4v) is 2.76. The molecule has 1 aromatic carbocycles. The number of methoxy groups -OCH3 is 1. The molecule has 0 aliphatic carbocycles. The molecule has 0 aliphatic heterocycles. The number of amides is 1. The summed E-state index contributed by atoms with van der Waals surface area (Å²) in [6, 6.07) is 14.6. The van der Waals surface area contributed by atoms with Gasteiger partial charge in [-0.1, -0.05) is 0 Å². The molecule has 0 bridgehead atoms. The van der Waals surface area contributed by atoms with E-state index in [-0.39, 0.29) is 5.91 Å². The van der Waals surface area contributed by atoms with Crippen molar-refractivity contribution in [2.45, 2.75) is 6.54 Å². The van der Waals surface area contributed by atoms with Gasteiger partial charge in [-0.05, 0) is 48.5 Å². The molecule has 140 valence electrons. The van der Waals surface area contributed by atoms with Crippen molar-refractivity contribution in [3.63, 3.8) is 0 Å². The molecule has 4 aromatic rings. The van der Waals surface area contributed by atoms with Crippen molar-refractivity contribution < 1.29 is 13.9 Å². The molecule has 0 saturated heterocycles. The lowest BCUT2D eigenvalue weighted by Crippen LogP contribution is -2.23. The zero-order chi connectivity index (χ0) is 19.3.